The van der Waals surface area contributed by atoms with E-state index in [0.717, 1.165) is 53.6 Å². The first kappa shape index (κ1) is 24.4. The van der Waals surface area contributed by atoms with Gasteiger partial charge in [0.1, 0.15) is 6.10 Å². The van der Waals surface area contributed by atoms with Gasteiger partial charge in [0.25, 0.3) is 6.01 Å². The van der Waals surface area contributed by atoms with Crippen LogP contribution in [0.3, 0.4) is 0 Å². The maximum absolute atomic E-state index is 10.4. The van der Waals surface area contributed by atoms with Crippen LogP contribution >= 0.6 is 11.6 Å². The average Bonchev–Trinajstić information content (AvgIpc) is 3.50. The fourth-order valence-corrected chi connectivity index (χ4v) is 5.55. The molecule has 2 N–H and O–H groups in total. The van der Waals surface area contributed by atoms with Gasteiger partial charge in [0.05, 0.1) is 34.9 Å². The van der Waals surface area contributed by atoms with Crippen LogP contribution in [0.5, 0.6) is 6.01 Å². The lowest BCUT2D eigenvalue weighted by molar-refractivity contribution is 0.0149. The van der Waals surface area contributed by atoms with Crippen LogP contribution in [0.15, 0.2) is 60.7 Å². The first-order valence-corrected chi connectivity index (χ1v) is 13.4. The summed E-state index contributed by atoms with van der Waals surface area (Å²) < 4.78 is 17.4. The Morgan fingerprint density at radius 3 is 2.41 bits per heavy atom. The Kier molecular flexibility index (Phi) is 6.91. The molecule has 2 aliphatic rings. The molecule has 1 unspecified atom stereocenters. The molecule has 0 saturated carbocycles. The highest BCUT2D eigenvalue weighted by atomic mass is 35.5. The third kappa shape index (κ3) is 4.99. The maximum atomic E-state index is 10.4. The molecule has 3 aromatic carbocycles. The molecule has 0 amide bonds. The number of nitrogens with one attached hydrogen (secondary N) is 1. The van der Waals surface area contributed by atoms with Gasteiger partial charge in [0.15, 0.2) is 6.10 Å². The van der Waals surface area contributed by atoms with E-state index in [2.05, 4.69) is 58.5 Å². The van der Waals surface area contributed by atoms with Gasteiger partial charge in [-0.15, -0.1) is 0 Å². The Bertz CT molecular complexity index is 1360. The number of halogens is 1. The number of hydrogen-bond acceptors (Lipinski definition) is 5. The first-order chi connectivity index (χ1) is 18.1. The number of ether oxygens (including phenoxy) is 3. The normalized spacial score (nSPS) is 24.0. The van der Waals surface area contributed by atoms with Crippen LogP contribution < -0.4 is 4.74 Å². The van der Waals surface area contributed by atoms with Crippen molar-refractivity contribution in [2.45, 2.75) is 57.0 Å². The molecule has 4 atom stereocenters. The highest BCUT2D eigenvalue weighted by Crippen LogP contribution is 2.35. The van der Waals surface area contributed by atoms with Crippen LogP contribution in [-0.4, -0.2) is 46.6 Å². The third-order valence-electron chi connectivity index (χ3n) is 7.44. The first-order valence-electron chi connectivity index (χ1n) is 13.1. The van der Waals surface area contributed by atoms with Gasteiger partial charge >= 0.3 is 0 Å². The van der Waals surface area contributed by atoms with Gasteiger partial charge in [-0.1, -0.05) is 67.1 Å². The fraction of sp³-hybridized carbons (Fsp3) is 0.367. The second-order valence-corrected chi connectivity index (χ2v) is 10.3. The summed E-state index contributed by atoms with van der Waals surface area (Å²) in [6.07, 6.45) is 3.12. The van der Waals surface area contributed by atoms with E-state index in [1.54, 1.807) is 0 Å². The van der Waals surface area contributed by atoms with E-state index in [4.69, 9.17) is 25.8 Å². The minimum absolute atomic E-state index is 0.206. The van der Waals surface area contributed by atoms with Crippen LogP contribution in [0, 0.1) is 0 Å². The Labute approximate surface area is 221 Å². The number of aromatic amines is 1. The van der Waals surface area contributed by atoms with Crippen LogP contribution in [0.25, 0.3) is 33.3 Å². The fourth-order valence-electron chi connectivity index (χ4n) is 5.28. The Balaban J connectivity index is 1.19. The molecule has 1 aromatic heterocycles. The largest absolute Gasteiger partial charge is 0.456 e. The minimum Gasteiger partial charge on any atom is -0.456 e. The number of nitrogens with zero attached hydrogens (tertiary/aromatic N) is 1. The molecule has 7 heteroatoms. The molecule has 192 valence electrons. The standard InChI is InChI=1S/C30H31ClN2O4/c1-2-26-29(34)28(17-36-26)37-30-32-24-15-22(23(31)16-25(24)33-30)20-10-6-18(7-11-20)19-8-12-21(13-9-19)27-5-3-4-14-35-27/h6-13,15-16,26-29,34H,2-5,14,17H2,1H3,(H,32,33)/t26-,27?,28-,29-/m1/s1. The minimum atomic E-state index is -0.673. The zero-order valence-corrected chi connectivity index (χ0v) is 21.6. The van der Waals surface area contributed by atoms with Crippen LogP contribution in [-0.2, 0) is 9.47 Å². The van der Waals surface area contributed by atoms with Gasteiger partial charge in [0.2, 0.25) is 0 Å². The van der Waals surface area contributed by atoms with E-state index >= 15 is 0 Å². The highest BCUT2D eigenvalue weighted by Gasteiger charge is 2.37. The van der Waals surface area contributed by atoms with Crippen molar-refractivity contribution >= 4 is 22.6 Å². The van der Waals surface area contributed by atoms with Gasteiger partial charge in [-0.3, -0.25) is 0 Å². The van der Waals surface area contributed by atoms with Crippen molar-refractivity contribution in [2.24, 2.45) is 0 Å². The highest BCUT2D eigenvalue weighted by molar-refractivity contribution is 6.34. The molecule has 0 spiro atoms. The van der Waals surface area contributed by atoms with Gasteiger partial charge in [-0.2, -0.15) is 4.98 Å². The number of aliphatic hydroxyl groups excluding tert-OH is 1. The van der Waals surface area contributed by atoms with Crippen LogP contribution in [0.1, 0.15) is 44.3 Å². The topological polar surface area (TPSA) is 76.6 Å². The number of H-pyrrole nitrogens is 1. The van der Waals surface area contributed by atoms with Gasteiger partial charge < -0.3 is 24.3 Å². The molecule has 2 fully saturated rings. The van der Waals surface area contributed by atoms with E-state index in [1.165, 1.54) is 17.5 Å². The molecule has 2 aliphatic heterocycles. The summed E-state index contributed by atoms with van der Waals surface area (Å²) in [6, 6.07) is 21.3. The second-order valence-electron chi connectivity index (χ2n) is 9.87. The van der Waals surface area contributed by atoms with E-state index < -0.39 is 12.2 Å². The van der Waals surface area contributed by atoms with Gasteiger partial charge in [-0.05, 0) is 60.1 Å². The lowest BCUT2D eigenvalue weighted by atomic mass is 9.97. The zero-order valence-electron chi connectivity index (χ0n) is 20.8. The SMILES string of the molecule is CC[C@H]1OC[C@@H](Oc2nc3cc(-c4ccc(-c5ccc(C6CCCCO6)cc5)cc4)c(Cl)cc3[nH]2)[C@@H]1O. The zero-order chi connectivity index (χ0) is 25.4. The van der Waals surface area contributed by atoms with E-state index in [-0.39, 0.29) is 12.2 Å². The molecule has 6 nitrogen and oxygen atoms in total. The van der Waals surface area contributed by atoms with E-state index in [0.29, 0.717) is 17.6 Å². The van der Waals surface area contributed by atoms with Crippen molar-refractivity contribution in [1.29, 1.82) is 0 Å². The lowest BCUT2D eigenvalue weighted by Gasteiger charge is -2.23. The van der Waals surface area contributed by atoms with Crippen LogP contribution in [0.4, 0.5) is 0 Å². The second kappa shape index (κ2) is 10.5. The molecular formula is C30H31ClN2O4. The van der Waals surface area contributed by atoms with Gasteiger partial charge in [0, 0.05) is 12.2 Å². The molecule has 6 rings (SSSR count). The smallest absolute Gasteiger partial charge is 0.295 e. The molecule has 3 heterocycles. The summed E-state index contributed by atoms with van der Waals surface area (Å²) in [5.41, 5.74) is 7.02. The number of fused-ring (bicyclic) bond motifs is 1. The number of hydrogen-bond donors (Lipinski definition) is 2. The lowest BCUT2D eigenvalue weighted by Crippen LogP contribution is -2.34. The Morgan fingerprint density at radius 2 is 1.73 bits per heavy atom. The average molecular weight is 519 g/mol. The monoisotopic (exact) mass is 518 g/mol. The molecule has 0 bridgehead atoms. The predicted octanol–water partition coefficient (Wildman–Crippen LogP) is 6.71. The van der Waals surface area contributed by atoms with Crippen molar-refractivity contribution in [3.05, 3.63) is 71.2 Å². The predicted molar refractivity (Wildman–Crippen MR) is 145 cm³/mol. The van der Waals surface area contributed by atoms with Crippen molar-refractivity contribution in [2.75, 3.05) is 13.2 Å². The summed E-state index contributed by atoms with van der Waals surface area (Å²) >= 11 is 6.67. The number of aromatic nitrogens is 2. The van der Waals surface area contributed by atoms with E-state index in [9.17, 15) is 5.11 Å². The third-order valence-corrected chi connectivity index (χ3v) is 7.75. The summed E-state index contributed by atoms with van der Waals surface area (Å²) in [5.74, 6) is 0. The molecule has 4 aromatic rings. The van der Waals surface area contributed by atoms with E-state index in [1.807, 2.05) is 19.1 Å². The molecule has 0 radical (unpaired) electrons. The number of benzene rings is 3. The summed E-state index contributed by atoms with van der Waals surface area (Å²) in [4.78, 5) is 7.75. The van der Waals surface area contributed by atoms with Gasteiger partial charge in [-0.25, -0.2) is 0 Å². The molecule has 2 saturated heterocycles. The Morgan fingerprint density at radius 1 is 1.00 bits per heavy atom. The molecule has 37 heavy (non-hydrogen) atoms. The number of imidazole rings is 1. The Hall–Kier alpha value is -2.90. The summed E-state index contributed by atoms with van der Waals surface area (Å²) in [5, 5.41) is 11.0. The molecular weight excluding hydrogens is 488 g/mol. The van der Waals surface area contributed by atoms with Crippen molar-refractivity contribution in [1.82, 2.24) is 9.97 Å². The van der Waals surface area contributed by atoms with Crippen LogP contribution in [0.2, 0.25) is 5.02 Å². The quantitative estimate of drug-likeness (QED) is 0.296. The van der Waals surface area contributed by atoms with Crippen molar-refractivity contribution < 1.29 is 19.3 Å². The van der Waals surface area contributed by atoms with Crippen molar-refractivity contribution in [3.63, 3.8) is 0 Å². The number of aliphatic hydroxyl groups is 1. The van der Waals surface area contributed by atoms with Crippen molar-refractivity contribution in [3.8, 4) is 28.3 Å². The molecule has 0 aliphatic carbocycles. The summed E-state index contributed by atoms with van der Waals surface area (Å²) in [7, 11) is 0. The summed E-state index contributed by atoms with van der Waals surface area (Å²) in [6.45, 7) is 3.18. The maximum Gasteiger partial charge on any atom is 0.295 e. The number of rotatable bonds is 6.